The van der Waals surface area contributed by atoms with E-state index in [2.05, 4.69) is 6.92 Å². The number of rotatable bonds is 13. The second-order valence-electron chi connectivity index (χ2n) is 4.96. The SMILES string of the molecule is CC[CH]C(=O)OCCCCCCCCCCCC. The highest BCUT2D eigenvalue weighted by Gasteiger charge is 2.00. The first kappa shape index (κ1) is 17.5. The van der Waals surface area contributed by atoms with Gasteiger partial charge in [0.25, 0.3) is 0 Å². The van der Waals surface area contributed by atoms with E-state index in [0.717, 1.165) is 12.8 Å². The van der Waals surface area contributed by atoms with Gasteiger partial charge >= 0.3 is 5.97 Å². The number of unbranched alkanes of at least 4 members (excludes halogenated alkanes) is 9. The quantitative estimate of drug-likeness (QED) is 0.339. The average molecular weight is 255 g/mol. The largest absolute Gasteiger partial charge is 0.465 e. The summed E-state index contributed by atoms with van der Waals surface area (Å²) in [5.74, 6) is -0.159. The molecule has 0 rings (SSSR count). The molecule has 0 amide bonds. The Kier molecular flexibility index (Phi) is 14.1. The van der Waals surface area contributed by atoms with Crippen LogP contribution in [0.5, 0.6) is 0 Å². The lowest BCUT2D eigenvalue weighted by Crippen LogP contribution is -2.05. The zero-order chi connectivity index (χ0) is 13.5. The van der Waals surface area contributed by atoms with Gasteiger partial charge in [0.2, 0.25) is 0 Å². The number of carbonyl (C=O) groups excluding carboxylic acids is 1. The Labute approximate surface area is 113 Å². The highest BCUT2D eigenvalue weighted by Crippen LogP contribution is 2.10. The molecule has 0 aliphatic carbocycles. The average Bonchev–Trinajstić information content (AvgIpc) is 2.36. The highest BCUT2D eigenvalue weighted by atomic mass is 16.5. The molecule has 0 unspecified atom stereocenters. The molecule has 0 aromatic carbocycles. The van der Waals surface area contributed by atoms with E-state index >= 15 is 0 Å². The number of ether oxygens (including phenoxy) is 1. The Balaban J connectivity index is 3.01. The molecule has 2 nitrogen and oxygen atoms in total. The molecule has 0 bridgehead atoms. The fourth-order valence-electron chi connectivity index (χ4n) is 1.99. The molecular formula is C16H31O2. The molecule has 0 atom stereocenters. The molecule has 18 heavy (non-hydrogen) atoms. The minimum Gasteiger partial charge on any atom is -0.465 e. The third-order valence-corrected chi connectivity index (χ3v) is 3.11. The molecule has 0 aliphatic heterocycles. The predicted octanol–water partition coefficient (Wildman–Crippen LogP) is 5.06. The zero-order valence-corrected chi connectivity index (χ0v) is 12.4. The monoisotopic (exact) mass is 255 g/mol. The van der Waals surface area contributed by atoms with Gasteiger partial charge in [-0.05, 0) is 12.8 Å². The summed E-state index contributed by atoms with van der Waals surface area (Å²) in [5.41, 5.74) is 0. The van der Waals surface area contributed by atoms with Crippen molar-refractivity contribution in [3.8, 4) is 0 Å². The molecule has 0 aromatic rings. The van der Waals surface area contributed by atoms with E-state index < -0.39 is 0 Å². The van der Waals surface area contributed by atoms with Crippen molar-refractivity contribution in [1.82, 2.24) is 0 Å². The Morgan fingerprint density at radius 2 is 1.33 bits per heavy atom. The van der Waals surface area contributed by atoms with E-state index in [1.165, 1.54) is 57.8 Å². The van der Waals surface area contributed by atoms with Crippen molar-refractivity contribution in [3.05, 3.63) is 6.42 Å². The fraction of sp³-hybridized carbons (Fsp3) is 0.875. The van der Waals surface area contributed by atoms with Crippen LogP contribution in [0.1, 0.15) is 84.5 Å². The van der Waals surface area contributed by atoms with Crippen molar-refractivity contribution in [2.75, 3.05) is 6.61 Å². The molecule has 107 valence electrons. The second-order valence-corrected chi connectivity index (χ2v) is 4.96. The molecule has 2 heteroatoms. The summed E-state index contributed by atoms with van der Waals surface area (Å²) in [7, 11) is 0. The second kappa shape index (κ2) is 14.5. The first-order valence-corrected chi connectivity index (χ1v) is 7.81. The molecule has 0 N–H and O–H groups in total. The van der Waals surface area contributed by atoms with Crippen molar-refractivity contribution < 1.29 is 9.53 Å². The van der Waals surface area contributed by atoms with Crippen LogP contribution >= 0.6 is 0 Å². The van der Waals surface area contributed by atoms with Crippen molar-refractivity contribution in [2.45, 2.75) is 84.5 Å². The number of hydrogen-bond acceptors (Lipinski definition) is 2. The molecule has 0 aliphatic rings. The highest BCUT2D eigenvalue weighted by molar-refractivity contribution is 5.78. The van der Waals surface area contributed by atoms with Gasteiger partial charge in [-0.2, -0.15) is 0 Å². The molecule has 0 fully saturated rings. The molecule has 0 spiro atoms. The van der Waals surface area contributed by atoms with E-state index in [1.807, 2.05) is 6.92 Å². The van der Waals surface area contributed by atoms with Gasteiger partial charge in [-0.1, -0.05) is 71.6 Å². The molecule has 1 radical (unpaired) electrons. The molecule has 0 saturated heterocycles. The van der Waals surface area contributed by atoms with Gasteiger partial charge in [0.15, 0.2) is 0 Å². The summed E-state index contributed by atoms with van der Waals surface area (Å²) >= 11 is 0. The smallest absolute Gasteiger partial charge is 0.309 e. The maximum absolute atomic E-state index is 11.0. The van der Waals surface area contributed by atoms with E-state index in [-0.39, 0.29) is 5.97 Å². The van der Waals surface area contributed by atoms with Crippen LogP contribution in [-0.4, -0.2) is 12.6 Å². The van der Waals surface area contributed by atoms with Crippen LogP contribution in [0.4, 0.5) is 0 Å². The Morgan fingerprint density at radius 1 is 0.833 bits per heavy atom. The summed E-state index contributed by atoms with van der Waals surface area (Å²) in [4.78, 5) is 11.0. The first-order valence-electron chi connectivity index (χ1n) is 7.81. The van der Waals surface area contributed by atoms with Gasteiger partial charge in [0.1, 0.15) is 0 Å². The van der Waals surface area contributed by atoms with Gasteiger partial charge in [-0.15, -0.1) is 0 Å². The van der Waals surface area contributed by atoms with Gasteiger partial charge in [-0.3, -0.25) is 4.79 Å². The lowest BCUT2D eigenvalue weighted by atomic mass is 10.1. The minimum atomic E-state index is -0.159. The van der Waals surface area contributed by atoms with E-state index in [0.29, 0.717) is 6.61 Å². The first-order chi connectivity index (χ1) is 8.81. The van der Waals surface area contributed by atoms with Gasteiger partial charge in [-0.25, -0.2) is 0 Å². The van der Waals surface area contributed by atoms with Crippen LogP contribution in [0.2, 0.25) is 0 Å². The summed E-state index contributed by atoms with van der Waals surface area (Å²) in [6.45, 7) is 4.79. The number of esters is 1. The third-order valence-electron chi connectivity index (χ3n) is 3.11. The van der Waals surface area contributed by atoms with E-state index in [4.69, 9.17) is 4.74 Å². The fourth-order valence-corrected chi connectivity index (χ4v) is 1.99. The molecule has 0 aromatic heterocycles. The van der Waals surface area contributed by atoms with Crippen LogP contribution < -0.4 is 0 Å². The lowest BCUT2D eigenvalue weighted by Gasteiger charge is -2.04. The molecule has 0 saturated carbocycles. The van der Waals surface area contributed by atoms with E-state index in [1.54, 1.807) is 6.42 Å². The summed E-state index contributed by atoms with van der Waals surface area (Å²) < 4.78 is 5.06. The maximum Gasteiger partial charge on any atom is 0.309 e. The van der Waals surface area contributed by atoms with Crippen LogP contribution in [0, 0.1) is 6.42 Å². The number of hydrogen-bond donors (Lipinski definition) is 0. The number of carbonyl (C=O) groups is 1. The zero-order valence-electron chi connectivity index (χ0n) is 12.4. The third kappa shape index (κ3) is 13.5. The Morgan fingerprint density at radius 3 is 1.83 bits per heavy atom. The van der Waals surface area contributed by atoms with Crippen LogP contribution in [0.3, 0.4) is 0 Å². The predicted molar refractivity (Wildman–Crippen MR) is 77.4 cm³/mol. The standard InChI is InChI=1S/C16H31O2/c1-3-5-6-7-8-9-10-11-12-13-15-18-16(17)14-4-2/h14H,3-13,15H2,1-2H3. The van der Waals surface area contributed by atoms with E-state index in [9.17, 15) is 4.79 Å². The van der Waals surface area contributed by atoms with Crippen LogP contribution in [-0.2, 0) is 9.53 Å². The van der Waals surface area contributed by atoms with Crippen LogP contribution in [0.15, 0.2) is 0 Å². The summed E-state index contributed by atoms with van der Waals surface area (Å²) in [5, 5.41) is 0. The van der Waals surface area contributed by atoms with Crippen LogP contribution in [0.25, 0.3) is 0 Å². The minimum absolute atomic E-state index is 0.159. The molecular weight excluding hydrogens is 224 g/mol. The van der Waals surface area contributed by atoms with Crippen molar-refractivity contribution in [3.63, 3.8) is 0 Å². The summed E-state index contributed by atoms with van der Waals surface area (Å²) in [6, 6.07) is 0. The van der Waals surface area contributed by atoms with Gasteiger partial charge < -0.3 is 4.74 Å². The Bertz CT molecular complexity index is 178. The van der Waals surface area contributed by atoms with Gasteiger partial charge in [0.05, 0.1) is 13.0 Å². The maximum atomic E-state index is 11.0. The van der Waals surface area contributed by atoms with Gasteiger partial charge in [0, 0.05) is 0 Å². The normalized spacial score (nSPS) is 10.6. The van der Waals surface area contributed by atoms with Crippen molar-refractivity contribution in [2.24, 2.45) is 0 Å². The lowest BCUT2D eigenvalue weighted by molar-refractivity contribution is -0.139. The topological polar surface area (TPSA) is 26.3 Å². The molecule has 0 heterocycles. The Hall–Kier alpha value is -0.530. The van der Waals surface area contributed by atoms with Crippen molar-refractivity contribution in [1.29, 1.82) is 0 Å². The van der Waals surface area contributed by atoms with Crippen molar-refractivity contribution >= 4 is 5.97 Å². The summed E-state index contributed by atoms with van der Waals surface area (Å²) in [6.07, 6.45) is 15.4.